The average molecular weight is 343 g/mol. The molecule has 8 heteroatoms. The van der Waals surface area contributed by atoms with Gasteiger partial charge in [0.25, 0.3) is 0 Å². The maximum Gasteiger partial charge on any atom is 0.324 e. The SMILES string of the molecule is Cc1cc(NC(=O)N2CCCN(C(=O)Cc3ccccn3)CC2)on1. The van der Waals surface area contributed by atoms with Gasteiger partial charge in [-0.1, -0.05) is 11.2 Å². The Bertz CT molecular complexity index is 731. The molecular formula is C17H21N5O3. The Morgan fingerprint density at radius 1 is 1.20 bits per heavy atom. The van der Waals surface area contributed by atoms with Crippen molar-refractivity contribution >= 4 is 17.8 Å². The first-order valence-electron chi connectivity index (χ1n) is 8.29. The van der Waals surface area contributed by atoms with E-state index in [9.17, 15) is 9.59 Å². The molecule has 0 atom stereocenters. The van der Waals surface area contributed by atoms with E-state index >= 15 is 0 Å². The normalized spacial score (nSPS) is 14.9. The molecule has 0 aromatic carbocycles. The molecule has 8 nitrogen and oxygen atoms in total. The standard InChI is InChI=1S/C17H21N5O3/c1-13-11-15(25-20-13)19-17(24)22-8-4-7-21(9-10-22)16(23)12-14-5-2-3-6-18-14/h2-3,5-6,11H,4,7-10,12H2,1H3,(H,19,24). The van der Waals surface area contributed by atoms with Crippen molar-refractivity contribution in [1.29, 1.82) is 0 Å². The van der Waals surface area contributed by atoms with Gasteiger partial charge in [-0.15, -0.1) is 0 Å². The minimum Gasteiger partial charge on any atom is -0.341 e. The van der Waals surface area contributed by atoms with Crippen LogP contribution in [0.3, 0.4) is 0 Å². The Labute approximate surface area is 145 Å². The van der Waals surface area contributed by atoms with Crippen molar-refractivity contribution in [2.75, 3.05) is 31.5 Å². The van der Waals surface area contributed by atoms with E-state index in [1.165, 1.54) is 0 Å². The van der Waals surface area contributed by atoms with Gasteiger partial charge in [-0.2, -0.15) is 0 Å². The molecule has 132 valence electrons. The van der Waals surface area contributed by atoms with Gasteiger partial charge in [0.1, 0.15) is 0 Å². The third kappa shape index (κ3) is 4.56. The van der Waals surface area contributed by atoms with Crippen molar-refractivity contribution in [3.8, 4) is 0 Å². The fourth-order valence-electron chi connectivity index (χ4n) is 2.75. The van der Waals surface area contributed by atoms with Crippen LogP contribution in [0.4, 0.5) is 10.7 Å². The molecule has 1 saturated heterocycles. The van der Waals surface area contributed by atoms with Crippen LogP contribution in [0, 0.1) is 6.92 Å². The van der Waals surface area contributed by atoms with Crippen LogP contribution < -0.4 is 5.32 Å². The highest BCUT2D eigenvalue weighted by molar-refractivity contribution is 5.88. The second-order valence-corrected chi connectivity index (χ2v) is 5.98. The zero-order valence-electron chi connectivity index (χ0n) is 14.1. The molecule has 1 fully saturated rings. The number of rotatable bonds is 3. The monoisotopic (exact) mass is 343 g/mol. The largest absolute Gasteiger partial charge is 0.341 e. The zero-order valence-corrected chi connectivity index (χ0v) is 14.1. The molecule has 0 unspecified atom stereocenters. The lowest BCUT2D eigenvalue weighted by molar-refractivity contribution is -0.130. The molecule has 2 aromatic heterocycles. The van der Waals surface area contributed by atoms with Crippen molar-refractivity contribution in [2.45, 2.75) is 19.8 Å². The zero-order chi connectivity index (χ0) is 17.6. The molecule has 1 aliphatic heterocycles. The first-order valence-corrected chi connectivity index (χ1v) is 8.29. The highest BCUT2D eigenvalue weighted by Gasteiger charge is 2.23. The lowest BCUT2D eigenvalue weighted by Gasteiger charge is -2.22. The van der Waals surface area contributed by atoms with E-state index in [1.54, 1.807) is 29.0 Å². The molecule has 0 bridgehead atoms. The Hall–Kier alpha value is -2.90. The minimum atomic E-state index is -0.241. The fourth-order valence-corrected chi connectivity index (χ4v) is 2.75. The van der Waals surface area contributed by atoms with Gasteiger partial charge in [-0.05, 0) is 25.5 Å². The van der Waals surface area contributed by atoms with Crippen molar-refractivity contribution < 1.29 is 14.1 Å². The number of nitrogens with zero attached hydrogens (tertiary/aromatic N) is 4. The summed E-state index contributed by atoms with van der Waals surface area (Å²) in [6, 6.07) is 6.96. The highest BCUT2D eigenvalue weighted by atomic mass is 16.5. The lowest BCUT2D eigenvalue weighted by atomic mass is 10.2. The van der Waals surface area contributed by atoms with Crippen LogP contribution in [-0.2, 0) is 11.2 Å². The van der Waals surface area contributed by atoms with E-state index in [4.69, 9.17) is 4.52 Å². The molecule has 3 heterocycles. The molecule has 0 radical (unpaired) electrons. The fraction of sp³-hybridized carbons (Fsp3) is 0.412. The number of hydrogen-bond acceptors (Lipinski definition) is 5. The van der Waals surface area contributed by atoms with Crippen LogP contribution in [0.15, 0.2) is 35.0 Å². The third-order valence-corrected chi connectivity index (χ3v) is 4.05. The summed E-state index contributed by atoms with van der Waals surface area (Å²) in [5.74, 6) is 0.363. The van der Waals surface area contributed by atoms with E-state index in [0.29, 0.717) is 37.8 Å². The average Bonchev–Trinajstić information content (AvgIpc) is 2.86. The molecule has 0 spiro atoms. The molecule has 1 aliphatic rings. The molecule has 0 saturated carbocycles. The number of urea groups is 1. The highest BCUT2D eigenvalue weighted by Crippen LogP contribution is 2.11. The number of carbonyl (C=O) groups excluding carboxylic acids is 2. The van der Waals surface area contributed by atoms with Crippen molar-refractivity contribution in [3.63, 3.8) is 0 Å². The van der Waals surface area contributed by atoms with Crippen LogP contribution in [0.25, 0.3) is 0 Å². The lowest BCUT2D eigenvalue weighted by Crippen LogP contribution is -2.39. The van der Waals surface area contributed by atoms with Gasteiger partial charge >= 0.3 is 6.03 Å². The smallest absolute Gasteiger partial charge is 0.324 e. The van der Waals surface area contributed by atoms with Crippen LogP contribution in [-0.4, -0.2) is 58.1 Å². The predicted molar refractivity (Wildman–Crippen MR) is 91.0 cm³/mol. The molecule has 25 heavy (non-hydrogen) atoms. The van der Waals surface area contributed by atoms with Crippen LogP contribution in [0.5, 0.6) is 0 Å². The third-order valence-electron chi connectivity index (χ3n) is 4.05. The molecule has 3 rings (SSSR count). The van der Waals surface area contributed by atoms with Gasteiger partial charge in [0.2, 0.25) is 11.8 Å². The van der Waals surface area contributed by atoms with Gasteiger partial charge in [0.05, 0.1) is 12.1 Å². The van der Waals surface area contributed by atoms with E-state index in [2.05, 4.69) is 15.5 Å². The Kier molecular flexibility index (Phi) is 5.27. The number of nitrogens with one attached hydrogen (secondary N) is 1. The summed E-state index contributed by atoms with van der Waals surface area (Å²) < 4.78 is 5.00. The quantitative estimate of drug-likeness (QED) is 0.915. The van der Waals surface area contributed by atoms with Crippen molar-refractivity contribution in [3.05, 3.63) is 41.9 Å². The van der Waals surface area contributed by atoms with Gasteiger partial charge in [-0.3, -0.25) is 15.1 Å². The molecule has 0 aliphatic carbocycles. The Morgan fingerprint density at radius 3 is 2.72 bits per heavy atom. The van der Waals surface area contributed by atoms with E-state index in [0.717, 1.165) is 12.1 Å². The predicted octanol–water partition coefficient (Wildman–Crippen LogP) is 1.69. The number of aryl methyl sites for hydroxylation is 1. The number of hydrogen-bond donors (Lipinski definition) is 1. The number of aromatic nitrogens is 2. The van der Waals surface area contributed by atoms with Gasteiger partial charge < -0.3 is 14.3 Å². The van der Waals surface area contributed by atoms with Gasteiger partial charge in [0.15, 0.2) is 0 Å². The molecule has 2 aromatic rings. The molecular weight excluding hydrogens is 322 g/mol. The first kappa shape index (κ1) is 16.9. The maximum atomic E-state index is 12.4. The molecule has 3 amide bonds. The summed E-state index contributed by atoms with van der Waals surface area (Å²) >= 11 is 0. The van der Waals surface area contributed by atoms with Crippen molar-refractivity contribution in [1.82, 2.24) is 19.9 Å². The summed E-state index contributed by atoms with van der Waals surface area (Å²) in [7, 11) is 0. The summed E-state index contributed by atoms with van der Waals surface area (Å²) in [5.41, 5.74) is 1.46. The number of carbonyl (C=O) groups is 2. The summed E-state index contributed by atoms with van der Waals surface area (Å²) in [4.78, 5) is 32.4. The number of amides is 3. The Balaban J connectivity index is 1.53. The second kappa shape index (κ2) is 7.78. The van der Waals surface area contributed by atoms with Crippen LogP contribution in [0.2, 0.25) is 0 Å². The topological polar surface area (TPSA) is 91.6 Å². The van der Waals surface area contributed by atoms with Crippen LogP contribution in [0.1, 0.15) is 17.8 Å². The van der Waals surface area contributed by atoms with Crippen molar-refractivity contribution in [2.24, 2.45) is 0 Å². The van der Waals surface area contributed by atoms with E-state index in [1.807, 2.05) is 18.2 Å². The molecule has 1 N–H and O–H groups in total. The minimum absolute atomic E-state index is 0.0341. The number of anilines is 1. The second-order valence-electron chi connectivity index (χ2n) is 5.98. The summed E-state index contributed by atoms with van der Waals surface area (Å²) in [5, 5.41) is 6.43. The summed E-state index contributed by atoms with van der Waals surface area (Å²) in [6.07, 6.45) is 2.70. The first-order chi connectivity index (χ1) is 12.1. The summed E-state index contributed by atoms with van der Waals surface area (Å²) in [6.45, 7) is 4.00. The van der Waals surface area contributed by atoms with Gasteiger partial charge in [0, 0.05) is 44.1 Å². The van der Waals surface area contributed by atoms with E-state index in [-0.39, 0.29) is 18.4 Å². The Morgan fingerprint density at radius 2 is 2.00 bits per heavy atom. The maximum absolute atomic E-state index is 12.4. The van der Waals surface area contributed by atoms with E-state index < -0.39 is 0 Å². The number of pyridine rings is 1. The van der Waals surface area contributed by atoms with Gasteiger partial charge in [-0.25, -0.2) is 4.79 Å². The van der Waals surface area contributed by atoms with Crippen LogP contribution >= 0.6 is 0 Å².